The van der Waals surface area contributed by atoms with Crippen molar-refractivity contribution in [3.8, 4) is 11.8 Å². The van der Waals surface area contributed by atoms with Crippen molar-refractivity contribution in [2.45, 2.75) is 13.0 Å². The summed E-state index contributed by atoms with van der Waals surface area (Å²) in [5.41, 5.74) is 1.97. The van der Waals surface area contributed by atoms with Crippen LogP contribution in [0.5, 0.6) is 0 Å². The van der Waals surface area contributed by atoms with Crippen molar-refractivity contribution in [1.29, 1.82) is 0 Å². The Balaban J connectivity index is 1.22. The van der Waals surface area contributed by atoms with Gasteiger partial charge in [0.15, 0.2) is 11.6 Å². The fourth-order valence-corrected chi connectivity index (χ4v) is 4.05. The number of nitrogens with zero attached hydrogens (tertiary/aromatic N) is 5. The van der Waals surface area contributed by atoms with Gasteiger partial charge >= 0.3 is 0 Å². The second kappa shape index (κ2) is 12.6. The molecule has 2 aromatic carbocycles. The van der Waals surface area contributed by atoms with Gasteiger partial charge in [-0.3, -0.25) is 19.1 Å². The summed E-state index contributed by atoms with van der Waals surface area (Å²) in [6.45, 7) is 0.548. The zero-order valence-corrected chi connectivity index (χ0v) is 21.6. The number of nitrogens with one attached hydrogen (secondary N) is 2. The Morgan fingerprint density at radius 1 is 1.00 bits per heavy atom. The smallest absolute Gasteiger partial charge is 0.266 e. The average molecular weight is 552 g/mol. The normalized spacial score (nSPS) is 10.6. The van der Waals surface area contributed by atoms with Crippen molar-refractivity contribution >= 4 is 22.6 Å². The summed E-state index contributed by atoms with van der Waals surface area (Å²) in [6.07, 6.45) is 6.37. The highest BCUT2D eigenvalue weighted by Gasteiger charge is 2.13. The van der Waals surface area contributed by atoms with Crippen molar-refractivity contribution in [2.75, 3.05) is 18.4 Å². The molecule has 41 heavy (non-hydrogen) atoms. The molecule has 5 rings (SSSR count). The highest BCUT2D eigenvalue weighted by atomic mass is 19.2. The molecule has 3 aromatic heterocycles. The molecule has 0 radical (unpaired) electrons. The molecule has 0 bridgehead atoms. The summed E-state index contributed by atoms with van der Waals surface area (Å²) in [7, 11) is 0. The Bertz CT molecular complexity index is 1830. The summed E-state index contributed by atoms with van der Waals surface area (Å²) in [6, 6.07) is 14.6. The van der Waals surface area contributed by atoms with Crippen LogP contribution < -0.4 is 16.2 Å². The van der Waals surface area contributed by atoms with Gasteiger partial charge in [0, 0.05) is 42.0 Å². The summed E-state index contributed by atoms with van der Waals surface area (Å²) in [4.78, 5) is 42.3. The lowest BCUT2D eigenvalue weighted by molar-refractivity contribution is 0.0956. The van der Waals surface area contributed by atoms with Crippen LogP contribution >= 0.6 is 0 Å². The monoisotopic (exact) mass is 551 g/mol. The predicted molar refractivity (Wildman–Crippen MR) is 149 cm³/mol. The van der Waals surface area contributed by atoms with Crippen LogP contribution in [0.4, 0.5) is 14.6 Å². The highest BCUT2D eigenvalue weighted by Crippen LogP contribution is 2.20. The molecular formula is C30H23F2N7O2. The molecule has 0 saturated heterocycles. The van der Waals surface area contributed by atoms with E-state index in [1.807, 2.05) is 36.4 Å². The number of amides is 1. The summed E-state index contributed by atoms with van der Waals surface area (Å²) < 4.78 is 27.9. The first-order chi connectivity index (χ1) is 20.0. The molecule has 1 amide bonds. The molecule has 0 saturated carbocycles. The Kier molecular flexibility index (Phi) is 8.30. The lowest BCUT2D eigenvalue weighted by Crippen LogP contribution is -2.33. The van der Waals surface area contributed by atoms with Crippen LogP contribution in [-0.2, 0) is 13.0 Å². The SMILES string of the molecule is O=C(NCC#Cc1ccc2ncnc(NCCc3ccccn3)c2c1)c1cncn(Cc2ccc(F)c(F)c2)c1=O. The molecule has 0 fully saturated rings. The Morgan fingerprint density at radius 3 is 2.73 bits per heavy atom. The fourth-order valence-electron chi connectivity index (χ4n) is 4.05. The maximum Gasteiger partial charge on any atom is 0.266 e. The van der Waals surface area contributed by atoms with Gasteiger partial charge in [0.05, 0.1) is 24.9 Å². The molecule has 5 aromatic rings. The minimum absolute atomic E-state index is 0.0190. The van der Waals surface area contributed by atoms with E-state index in [4.69, 9.17) is 0 Å². The predicted octanol–water partition coefficient (Wildman–Crippen LogP) is 3.34. The van der Waals surface area contributed by atoms with Crippen LogP contribution in [0, 0.1) is 23.5 Å². The third-order valence-corrected chi connectivity index (χ3v) is 6.09. The second-order valence-electron chi connectivity index (χ2n) is 8.93. The number of rotatable bonds is 8. The van der Waals surface area contributed by atoms with E-state index in [-0.39, 0.29) is 18.7 Å². The zero-order chi connectivity index (χ0) is 28.6. The molecule has 3 heterocycles. The van der Waals surface area contributed by atoms with Crippen molar-refractivity contribution in [2.24, 2.45) is 0 Å². The van der Waals surface area contributed by atoms with E-state index in [1.54, 1.807) is 6.20 Å². The third-order valence-electron chi connectivity index (χ3n) is 6.09. The lowest BCUT2D eigenvalue weighted by Gasteiger charge is -2.08. The average Bonchev–Trinajstić information content (AvgIpc) is 2.99. The number of fused-ring (bicyclic) bond motifs is 1. The first-order valence-corrected chi connectivity index (χ1v) is 12.6. The number of hydrogen-bond donors (Lipinski definition) is 2. The van der Waals surface area contributed by atoms with E-state index in [9.17, 15) is 18.4 Å². The number of hydrogen-bond acceptors (Lipinski definition) is 7. The van der Waals surface area contributed by atoms with Crippen LogP contribution in [0.25, 0.3) is 10.9 Å². The zero-order valence-electron chi connectivity index (χ0n) is 21.6. The minimum atomic E-state index is -1.02. The van der Waals surface area contributed by atoms with Gasteiger partial charge in [-0.1, -0.05) is 24.0 Å². The van der Waals surface area contributed by atoms with Crippen molar-refractivity contribution in [3.63, 3.8) is 0 Å². The van der Waals surface area contributed by atoms with E-state index in [1.165, 1.54) is 18.7 Å². The van der Waals surface area contributed by atoms with E-state index in [2.05, 4.69) is 42.4 Å². The summed E-state index contributed by atoms with van der Waals surface area (Å²) in [5.74, 6) is 3.89. The van der Waals surface area contributed by atoms with Crippen LogP contribution in [0.15, 0.2) is 84.4 Å². The van der Waals surface area contributed by atoms with Crippen LogP contribution in [0.1, 0.15) is 27.2 Å². The number of halogens is 2. The van der Waals surface area contributed by atoms with Gasteiger partial charge in [0.25, 0.3) is 11.5 Å². The molecule has 0 aliphatic heterocycles. The first-order valence-electron chi connectivity index (χ1n) is 12.6. The molecule has 0 aliphatic rings. The van der Waals surface area contributed by atoms with E-state index < -0.39 is 23.1 Å². The molecule has 2 N–H and O–H groups in total. The highest BCUT2D eigenvalue weighted by molar-refractivity contribution is 5.93. The summed E-state index contributed by atoms with van der Waals surface area (Å²) in [5, 5.41) is 6.72. The number of benzene rings is 2. The lowest BCUT2D eigenvalue weighted by atomic mass is 10.1. The number of aromatic nitrogens is 5. The Hall–Kier alpha value is -5.50. The van der Waals surface area contributed by atoms with Crippen molar-refractivity contribution < 1.29 is 13.6 Å². The van der Waals surface area contributed by atoms with Crippen molar-refractivity contribution in [3.05, 3.63) is 124 Å². The van der Waals surface area contributed by atoms with Gasteiger partial charge in [0.1, 0.15) is 17.7 Å². The maximum atomic E-state index is 13.5. The van der Waals surface area contributed by atoms with Gasteiger partial charge in [-0.15, -0.1) is 0 Å². The van der Waals surface area contributed by atoms with Gasteiger partial charge in [-0.2, -0.15) is 0 Å². The van der Waals surface area contributed by atoms with E-state index >= 15 is 0 Å². The Labute approximate surface area is 233 Å². The third kappa shape index (κ3) is 6.75. The molecule has 0 aliphatic carbocycles. The van der Waals surface area contributed by atoms with Gasteiger partial charge in [-0.25, -0.2) is 23.7 Å². The maximum absolute atomic E-state index is 13.5. The molecule has 204 valence electrons. The fraction of sp³-hybridized carbons (Fsp3) is 0.133. The number of carbonyl (C=O) groups excluding carboxylic acids is 1. The van der Waals surface area contributed by atoms with Crippen molar-refractivity contribution in [1.82, 2.24) is 29.8 Å². The topological polar surface area (TPSA) is 115 Å². The molecule has 0 unspecified atom stereocenters. The largest absolute Gasteiger partial charge is 0.369 e. The number of anilines is 1. The molecule has 0 spiro atoms. The number of carbonyl (C=O) groups is 1. The van der Waals surface area contributed by atoms with Crippen LogP contribution in [-0.4, -0.2) is 43.5 Å². The van der Waals surface area contributed by atoms with Gasteiger partial charge < -0.3 is 10.6 Å². The minimum Gasteiger partial charge on any atom is -0.369 e. The second-order valence-corrected chi connectivity index (χ2v) is 8.93. The Morgan fingerprint density at radius 2 is 1.90 bits per heavy atom. The van der Waals surface area contributed by atoms with Gasteiger partial charge in [0.2, 0.25) is 0 Å². The van der Waals surface area contributed by atoms with E-state index in [0.29, 0.717) is 23.5 Å². The standard InChI is InChI=1S/C30H23F2N7O2/c31-25-8-6-21(15-26(25)32)17-39-19-33-16-24(30(39)41)29(40)36-12-3-4-20-7-9-27-23(14-20)28(38-18-37-27)35-13-10-22-5-1-2-11-34-22/h1-2,5-9,11,14-16,18-19H,10,12-13,17H2,(H,36,40)(H,35,37,38). The molecular weight excluding hydrogens is 528 g/mol. The summed E-state index contributed by atoms with van der Waals surface area (Å²) >= 11 is 0. The molecule has 11 heteroatoms. The molecule has 0 atom stereocenters. The molecule has 9 nitrogen and oxygen atoms in total. The van der Waals surface area contributed by atoms with Crippen LogP contribution in [0.3, 0.4) is 0 Å². The van der Waals surface area contributed by atoms with Gasteiger partial charge in [-0.05, 0) is 48.0 Å². The van der Waals surface area contributed by atoms with E-state index in [0.717, 1.165) is 45.9 Å². The quantitative estimate of drug-likeness (QED) is 0.284. The van der Waals surface area contributed by atoms with Crippen LogP contribution in [0.2, 0.25) is 0 Å². The number of pyridine rings is 1. The first kappa shape index (κ1) is 27.1.